The number of anilines is 2. The monoisotopic (exact) mass is 431 g/mol. The number of rotatable bonds is 8. The van der Waals surface area contributed by atoms with Crippen molar-refractivity contribution in [3.8, 4) is 0 Å². The molecule has 0 bridgehead atoms. The Kier molecular flexibility index (Phi) is 7.61. The van der Waals surface area contributed by atoms with Crippen molar-refractivity contribution < 1.29 is 18.0 Å². The topological polar surface area (TPSA) is 95.6 Å². The van der Waals surface area contributed by atoms with Crippen LogP contribution in [-0.4, -0.2) is 39.1 Å². The van der Waals surface area contributed by atoms with E-state index in [1.54, 1.807) is 50.2 Å². The van der Waals surface area contributed by atoms with Crippen molar-refractivity contribution >= 4 is 33.2 Å². The molecule has 0 aromatic heterocycles. The molecule has 0 spiro atoms. The predicted octanol–water partition coefficient (Wildman–Crippen LogP) is 3.24. The van der Waals surface area contributed by atoms with Crippen molar-refractivity contribution in [3.05, 3.63) is 59.2 Å². The molecular formula is C22H29N3O4S. The van der Waals surface area contributed by atoms with Gasteiger partial charge in [-0.25, -0.2) is 8.42 Å². The lowest BCUT2D eigenvalue weighted by molar-refractivity contribution is -0.114. The zero-order valence-corrected chi connectivity index (χ0v) is 18.8. The van der Waals surface area contributed by atoms with Crippen molar-refractivity contribution in [2.24, 2.45) is 0 Å². The van der Waals surface area contributed by atoms with Crippen LogP contribution in [0.4, 0.5) is 11.4 Å². The van der Waals surface area contributed by atoms with E-state index in [0.717, 1.165) is 28.1 Å². The second kappa shape index (κ2) is 9.75. The maximum Gasteiger partial charge on any atom is 0.253 e. The normalized spacial score (nSPS) is 12.2. The minimum absolute atomic E-state index is 0.00832. The molecule has 0 fully saturated rings. The van der Waals surface area contributed by atoms with Gasteiger partial charge in [0.25, 0.3) is 5.91 Å². The molecule has 30 heavy (non-hydrogen) atoms. The standard InChI is InChI=1S/C22H29N3O4S/c1-6-17(4)23-22(27)18-12-7-8-13-19(18)24-20(26)14-25(30(5,28)29)21-15(2)10-9-11-16(21)3/h7-13,17H,6,14H2,1-5H3,(H,23,27)(H,24,26)/t17-/m0/s1. The number of carbonyl (C=O) groups excluding carboxylic acids is 2. The molecule has 0 aliphatic rings. The third-order valence-corrected chi connectivity index (χ3v) is 5.92. The smallest absolute Gasteiger partial charge is 0.253 e. The Balaban J connectivity index is 2.29. The van der Waals surface area contributed by atoms with E-state index in [1.807, 2.05) is 19.9 Å². The summed E-state index contributed by atoms with van der Waals surface area (Å²) in [5.41, 5.74) is 2.64. The molecule has 0 radical (unpaired) electrons. The number of carbonyl (C=O) groups is 2. The van der Waals surface area contributed by atoms with E-state index in [1.165, 1.54) is 0 Å². The zero-order valence-electron chi connectivity index (χ0n) is 18.0. The first-order valence-corrected chi connectivity index (χ1v) is 11.6. The summed E-state index contributed by atoms with van der Waals surface area (Å²) in [4.78, 5) is 25.3. The third-order valence-electron chi connectivity index (χ3n) is 4.81. The van der Waals surface area contributed by atoms with Gasteiger partial charge in [0.15, 0.2) is 0 Å². The number of hydrogen-bond acceptors (Lipinski definition) is 4. The SMILES string of the molecule is CC[C@H](C)NC(=O)c1ccccc1NC(=O)CN(c1c(C)cccc1C)S(C)(=O)=O. The van der Waals surface area contributed by atoms with Crippen molar-refractivity contribution in [1.29, 1.82) is 0 Å². The lowest BCUT2D eigenvalue weighted by atomic mass is 10.1. The first-order valence-electron chi connectivity index (χ1n) is 9.78. The average molecular weight is 432 g/mol. The second-order valence-corrected chi connectivity index (χ2v) is 9.29. The molecular weight excluding hydrogens is 402 g/mol. The molecule has 0 aliphatic heterocycles. The number of aryl methyl sites for hydroxylation is 2. The van der Waals surface area contributed by atoms with Gasteiger partial charge in [0, 0.05) is 6.04 Å². The van der Waals surface area contributed by atoms with E-state index in [9.17, 15) is 18.0 Å². The highest BCUT2D eigenvalue weighted by Gasteiger charge is 2.24. The van der Waals surface area contributed by atoms with Crippen LogP contribution in [0.5, 0.6) is 0 Å². The zero-order chi connectivity index (χ0) is 22.5. The van der Waals surface area contributed by atoms with Crippen LogP contribution in [0.25, 0.3) is 0 Å². The highest BCUT2D eigenvalue weighted by atomic mass is 32.2. The van der Waals surface area contributed by atoms with E-state index < -0.39 is 22.5 Å². The van der Waals surface area contributed by atoms with Crippen molar-refractivity contribution in [1.82, 2.24) is 5.32 Å². The van der Waals surface area contributed by atoms with Crippen molar-refractivity contribution in [3.63, 3.8) is 0 Å². The van der Waals surface area contributed by atoms with E-state index in [0.29, 0.717) is 16.9 Å². The van der Waals surface area contributed by atoms with Gasteiger partial charge in [-0.2, -0.15) is 0 Å². The lowest BCUT2D eigenvalue weighted by Crippen LogP contribution is -2.38. The molecule has 2 rings (SSSR count). The van der Waals surface area contributed by atoms with E-state index in [2.05, 4.69) is 10.6 Å². The first kappa shape index (κ1) is 23.4. The molecule has 2 N–H and O–H groups in total. The van der Waals surface area contributed by atoms with Gasteiger partial charge >= 0.3 is 0 Å². The Labute approximate surface area is 178 Å². The maximum atomic E-state index is 12.8. The number of amides is 2. The summed E-state index contributed by atoms with van der Waals surface area (Å²) in [6.45, 7) is 7.06. The molecule has 0 heterocycles. The Morgan fingerprint density at radius 3 is 2.20 bits per heavy atom. The first-order chi connectivity index (χ1) is 14.0. The molecule has 0 saturated heterocycles. The van der Waals surface area contributed by atoms with Gasteiger partial charge in [-0.3, -0.25) is 13.9 Å². The molecule has 0 saturated carbocycles. The van der Waals surface area contributed by atoms with Crippen LogP contribution in [-0.2, 0) is 14.8 Å². The molecule has 8 heteroatoms. The highest BCUT2D eigenvalue weighted by molar-refractivity contribution is 7.92. The third kappa shape index (κ3) is 5.82. The van der Waals surface area contributed by atoms with Crippen LogP contribution in [0.2, 0.25) is 0 Å². The summed E-state index contributed by atoms with van der Waals surface area (Å²) in [7, 11) is -3.70. The molecule has 2 aromatic rings. The van der Waals surface area contributed by atoms with Gasteiger partial charge in [0.2, 0.25) is 15.9 Å². The predicted molar refractivity (Wildman–Crippen MR) is 120 cm³/mol. The number of sulfonamides is 1. The average Bonchev–Trinajstić information content (AvgIpc) is 2.66. The Morgan fingerprint density at radius 1 is 1.03 bits per heavy atom. The van der Waals surface area contributed by atoms with Gasteiger partial charge in [0.05, 0.1) is 23.2 Å². The van der Waals surface area contributed by atoms with Gasteiger partial charge < -0.3 is 10.6 Å². The molecule has 0 unspecified atom stereocenters. The summed E-state index contributed by atoms with van der Waals surface area (Å²) in [5, 5.41) is 5.56. The van der Waals surface area contributed by atoms with Crippen molar-refractivity contribution in [2.45, 2.75) is 40.2 Å². The molecule has 2 amide bonds. The maximum absolute atomic E-state index is 12.8. The van der Waals surface area contributed by atoms with E-state index >= 15 is 0 Å². The number of para-hydroxylation sites is 2. The Bertz CT molecular complexity index is 1010. The van der Waals surface area contributed by atoms with Crippen LogP contribution in [0.1, 0.15) is 41.8 Å². The second-order valence-electron chi connectivity index (χ2n) is 7.39. The number of nitrogens with zero attached hydrogens (tertiary/aromatic N) is 1. The highest BCUT2D eigenvalue weighted by Crippen LogP contribution is 2.26. The number of nitrogens with one attached hydrogen (secondary N) is 2. The van der Waals surface area contributed by atoms with Gasteiger partial charge in [-0.15, -0.1) is 0 Å². The van der Waals surface area contributed by atoms with Crippen LogP contribution in [0, 0.1) is 13.8 Å². The Hall–Kier alpha value is -2.87. The molecule has 162 valence electrons. The molecule has 2 aromatic carbocycles. The number of hydrogen-bond donors (Lipinski definition) is 2. The molecule has 0 aliphatic carbocycles. The van der Waals surface area contributed by atoms with E-state index in [-0.39, 0.29) is 11.9 Å². The van der Waals surface area contributed by atoms with Crippen LogP contribution in [0.3, 0.4) is 0 Å². The Morgan fingerprint density at radius 2 is 1.63 bits per heavy atom. The summed E-state index contributed by atoms with van der Waals surface area (Å²) in [6, 6.07) is 12.1. The molecule has 1 atom stereocenters. The summed E-state index contributed by atoms with van der Waals surface area (Å²) < 4.78 is 26.0. The quantitative estimate of drug-likeness (QED) is 0.671. The summed E-state index contributed by atoms with van der Waals surface area (Å²) >= 11 is 0. The van der Waals surface area contributed by atoms with E-state index in [4.69, 9.17) is 0 Å². The fourth-order valence-corrected chi connectivity index (χ4v) is 4.05. The lowest BCUT2D eigenvalue weighted by Gasteiger charge is -2.25. The van der Waals surface area contributed by atoms with Crippen LogP contribution < -0.4 is 14.9 Å². The van der Waals surface area contributed by atoms with Crippen LogP contribution in [0.15, 0.2) is 42.5 Å². The van der Waals surface area contributed by atoms with Gasteiger partial charge in [0.1, 0.15) is 6.54 Å². The largest absolute Gasteiger partial charge is 0.350 e. The summed E-state index contributed by atoms with van der Waals surface area (Å²) in [5.74, 6) is -0.832. The minimum atomic E-state index is -3.70. The number of benzene rings is 2. The van der Waals surface area contributed by atoms with Gasteiger partial charge in [-0.1, -0.05) is 37.3 Å². The summed E-state index contributed by atoms with van der Waals surface area (Å²) in [6.07, 6.45) is 1.85. The van der Waals surface area contributed by atoms with Crippen molar-refractivity contribution in [2.75, 3.05) is 22.4 Å². The fourth-order valence-electron chi connectivity index (χ4n) is 3.08. The minimum Gasteiger partial charge on any atom is -0.350 e. The van der Waals surface area contributed by atoms with Crippen LogP contribution >= 0.6 is 0 Å². The fraction of sp³-hybridized carbons (Fsp3) is 0.364. The molecule has 7 nitrogen and oxygen atoms in total. The van der Waals surface area contributed by atoms with Gasteiger partial charge in [-0.05, 0) is 50.5 Å².